The van der Waals surface area contributed by atoms with Gasteiger partial charge in [-0.15, -0.1) is 0 Å². The molecule has 0 unspecified atom stereocenters. The van der Waals surface area contributed by atoms with Gasteiger partial charge in [0.2, 0.25) is 5.91 Å². The highest BCUT2D eigenvalue weighted by Crippen LogP contribution is 2.26. The summed E-state index contributed by atoms with van der Waals surface area (Å²) in [6, 6.07) is 0. The maximum Gasteiger partial charge on any atom is 0.239 e. The highest BCUT2D eigenvalue weighted by atomic mass is 79.9. The minimum atomic E-state index is -0.120. The Morgan fingerprint density at radius 3 is 3.00 bits per heavy atom. The summed E-state index contributed by atoms with van der Waals surface area (Å²) in [4.78, 5) is 15.3. The molecule has 0 fully saturated rings. The predicted octanol–water partition coefficient (Wildman–Crippen LogP) is 0.601. The van der Waals surface area contributed by atoms with Crippen molar-refractivity contribution in [3.05, 3.63) is 16.9 Å². The van der Waals surface area contributed by atoms with Gasteiger partial charge in [0, 0.05) is 19.9 Å². The summed E-state index contributed by atoms with van der Waals surface area (Å²) in [7, 11) is 1.58. The number of halogens is 1. The molecule has 94 valence electrons. The van der Waals surface area contributed by atoms with Gasteiger partial charge in [-0.3, -0.25) is 9.78 Å². The predicted molar refractivity (Wildman–Crippen MR) is 69.7 cm³/mol. The zero-order chi connectivity index (χ0) is 12.7. The molecule has 0 spiro atoms. The van der Waals surface area contributed by atoms with Crippen LogP contribution in [-0.4, -0.2) is 37.7 Å². The van der Waals surface area contributed by atoms with Crippen molar-refractivity contribution in [3.8, 4) is 0 Å². The third-order valence-corrected chi connectivity index (χ3v) is 2.58. The molecule has 1 heterocycles. The van der Waals surface area contributed by atoms with E-state index in [0.717, 1.165) is 4.47 Å². The number of nitrogens with zero attached hydrogens (tertiary/aromatic N) is 1. The molecule has 1 aromatic rings. The third-order valence-electron chi connectivity index (χ3n) is 1.98. The fraction of sp³-hybridized carbons (Fsp3) is 0.400. The van der Waals surface area contributed by atoms with Gasteiger partial charge in [-0.25, -0.2) is 0 Å². The van der Waals surface area contributed by atoms with Crippen molar-refractivity contribution < 1.29 is 9.53 Å². The summed E-state index contributed by atoms with van der Waals surface area (Å²) >= 11 is 3.30. The first-order chi connectivity index (χ1) is 8.15. The number of ether oxygens (including phenoxy) is 1. The Morgan fingerprint density at radius 1 is 1.59 bits per heavy atom. The molecule has 6 nitrogen and oxygen atoms in total. The number of pyridine rings is 1. The Hall–Kier alpha value is -1.34. The first-order valence-electron chi connectivity index (χ1n) is 5.03. The number of carbonyl (C=O) groups excluding carboxylic acids is 1. The molecule has 0 aliphatic rings. The molecular formula is C10H15BrN4O2. The molecule has 0 aromatic carbocycles. The Morgan fingerprint density at radius 2 is 2.35 bits per heavy atom. The summed E-state index contributed by atoms with van der Waals surface area (Å²) in [5, 5.41) is 5.64. The maximum atomic E-state index is 11.4. The van der Waals surface area contributed by atoms with E-state index in [0.29, 0.717) is 24.5 Å². The van der Waals surface area contributed by atoms with Gasteiger partial charge in [0.25, 0.3) is 0 Å². The number of nitrogens with two attached hydrogens (primary N) is 1. The second kappa shape index (κ2) is 7.08. The van der Waals surface area contributed by atoms with Gasteiger partial charge in [-0.05, 0) is 15.9 Å². The molecule has 1 aromatic heterocycles. The summed E-state index contributed by atoms with van der Waals surface area (Å²) in [5.74, 6) is -0.120. The summed E-state index contributed by atoms with van der Waals surface area (Å²) in [5.41, 5.74) is 6.88. The maximum absolute atomic E-state index is 11.4. The van der Waals surface area contributed by atoms with E-state index in [2.05, 4.69) is 31.5 Å². The highest BCUT2D eigenvalue weighted by molar-refractivity contribution is 9.10. The van der Waals surface area contributed by atoms with Crippen LogP contribution in [0.2, 0.25) is 0 Å². The number of hydrogen-bond acceptors (Lipinski definition) is 5. The number of anilines is 2. The van der Waals surface area contributed by atoms with E-state index >= 15 is 0 Å². The average Bonchev–Trinajstić information content (AvgIpc) is 2.29. The van der Waals surface area contributed by atoms with Crippen LogP contribution in [0.3, 0.4) is 0 Å². The number of nitrogen functional groups attached to an aromatic ring is 1. The Kier molecular flexibility index (Phi) is 5.71. The Bertz CT molecular complexity index is 366. The standard InChI is InChI=1S/C10H15BrN4O2/c1-17-3-2-14-9(16)6-15-10-7(11)4-13-5-8(10)12/h4-5H,2-3,6,12H2,1H3,(H,13,15)(H,14,16). The van der Waals surface area contributed by atoms with Gasteiger partial charge in [0.1, 0.15) is 0 Å². The van der Waals surface area contributed by atoms with Crippen molar-refractivity contribution in [1.82, 2.24) is 10.3 Å². The summed E-state index contributed by atoms with van der Waals surface area (Å²) < 4.78 is 5.55. The molecule has 0 atom stereocenters. The second-order valence-electron chi connectivity index (χ2n) is 3.28. The SMILES string of the molecule is COCCNC(=O)CNc1c(N)cncc1Br. The Labute approximate surface area is 108 Å². The monoisotopic (exact) mass is 302 g/mol. The van der Waals surface area contributed by atoms with Crippen LogP contribution in [0.4, 0.5) is 11.4 Å². The van der Waals surface area contributed by atoms with E-state index in [4.69, 9.17) is 10.5 Å². The number of rotatable bonds is 6. The second-order valence-corrected chi connectivity index (χ2v) is 4.14. The van der Waals surface area contributed by atoms with Gasteiger partial charge in [-0.2, -0.15) is 0 Å². The van der Waals surface area contributed by atoms with Gasteiger partial charge < -0.3 is 21.1 Å². The molecular weight excluding hydrogens is 288 g/mol. The number of carbonyl (C=O) groups is 1. The van der Waals surface area contributed by atoms with Gasteiger partial charge in [-0.1, -0.05) is 0 Å². The summed E-state index contributed by atoms with van der Waals surface area (Å²) in [6.07, 6.45) is 3.14. The fourth-order valence-electron chi connectivity index (χ4n) is 1.16. The van der Waals surface area contributed by atoms with E-state index in [1.807, 2.05) is 0 Å². The van der Waals surface area contributed by atoms with E-state index in [-0.39, 0.29) is 12.5 Å². The molecule has 0 saturated carbocycles. The zero-order valence-corrected chi connectivity index (χ0v) is 11.1. The minimum Gasteiger partial charge on any atom is -0.396 e. The molecule has 0 aliphatic carbocycles. The zero-order valence-electron chi connectivity index (χ0n) is 9.50. The first kappa shape index (κ1) is 13.7. The lowest BCUT2D eigenvalue weighted by molar-refractivity contribution is -0.119. The van der Waals surface area contributed by atoms with E-state index < -0.39 is 0 Å². The van der Waals surface area contributed by atoms with Crippen LogP contribution < -0.4 is 16.4 Å². The largest absolute Gasteiger partial charge is 0.396 e. The number of hydrogen-bond donors (Lipinski definition) is 3. The van der Waals surface area contributed by atoms with Gasteiger partial charge >= 0.3 is 0 Å². The topological polar surface area (TPSA) is 89.3 Å². The molecule has 0 radical (unpaired) electrons. The average molecular weight is 303 g/mol. The van der Waals surface area contributed by atoms with Crippen molar-refractivity contribution in [2.24, 2.45) is 0 Å². The quantitative estimate of drug-likeness (QED) is 0.670. The number of nitrogens with one attached hydrogen (secondary N) is 2. The smallest absolute Gasteiger partial charge is 0.239 e. The van der Waals surface area contributed by atoms with Crippen LogP contribution in [0.1, 0.15) is 0 Å². The lowest BCUT2D eigenvalue weighted by Crippen LogP contribution is -2.32. The lowest BCUT2D eigenvalue weighted by Gasteiger charge is -2.10. The molecule has 4 N–H and O–H groups in total. The third kappa shape index (κ3) is 4.58. The number of methoxy groups -OCH3 is 1. The van der Waals surface area contributed by atoms with Crippen LogP contribution in [0.15, 0.2) is 16.9 Å². The van der Waals surface area contributed by atoms with Crippen LogP contribution in [-0.2, 0) is 9.53 Å². The molecule has 0 saturated heterocycles. The molecule has 0 bridgehead atoms. The first-order valence-corrected chi connectivity index (χ1v) is 5.83. The minimum absolute atomic E-state index is 0.120. The van der Waals surface area contributed by atoms with Crippen molar-refractivity contribution in [3.63, 3.8) is 0 Å². The van der Waals surface area contributed by atoms with Gasteiger partial charge in [0.05, 0.1) is 35.2 Å². The van der Waals surface area contributed by atoms with Crippen LogP contribution in [0, 0.1) is 0 Å². The Balaban J connectivity index is 2.42. The van der Waals surface area contributed by atoms with E-state index in [1.165, 1.54) is 6.20 Å². The molecule has 7 heteroatoms. The van der Waals surface area contributed by atoms with Crippen LogP contribution in [0.5, 0.6) is 0 Å². The lowest BCUT2D eigenvalue weighted by atomic mass is 10.3. The van der Waals surface area contributed by atoms with E-state index in [1.54, 1.807) is 13.3 Å². The number of aromatic nitrogens is 1. The van der Waals surface area contributed by atoms with Crippen molar-refractivity contribution >= 4 is 33.2 Å². The highest BCUT2D eigenvalue weighted by Gasteiger charge is 2.06. The molecule has 0 aliphatic heterocycles. The van der Waals surface area contributed by atoms with E-state index in [9.17, 15) is 4.79 Å². The molecule has 1 rings (SSSR count). The normalized spacial score (nSPS) is 10.0. The molecule has 1 amide bonds. The van der Waals surface area contributed by atoms with Crippen LogP contribution >= 0.6 is 15.9 Å². The number of amides is 1. The fourth-order valence-corrected chi connectivity index (χ4v) is 1.65. The van der Waals surface area contributed by atoms with Crippen molar-refractivity contribution in [1.29, 1.82) is 0 Å². The van der Waals surface area contributed by atoms with Crippen molar-refractivity contribution in [2.45, 2.75) is 0 Å². The molecule has 17 heavy (non-hydrogen) atoms. The van der Waals surface area contributed by atoms with Gasteiger partial charge in [0.15, 0.2) is 0 Å². The van der Waals surface area contributed by atoms with Crippen molar-refractivity contribution in [2.75, 3.05) is 37.9 Å². The van der Waals surface area contributed by atoms with Crippen LogP contribution in [0.25, 0.3) is 0 Å². The summed E-state index contributed by atoms with van der Waals surface area (Å²) in [6.45, 7) is 1.13.